The highest BCUT2D eigenvalue weighted by Gasteiger charge is 2.23. The van der Waals surface area contributed by atoms with Crippen molar-refractivity contribution in [1.29, 1.82) is 0 Å². The molecule has 1 N–H and O–H groups in total. The van der Waals surface area contributed by atoms with Crippen LogP contribution in [-0.2, 0) is 4.79 Å². The minimum atomic E-state index is -0.929. The van der Waals surface area contributed by atoms with Crippen molar-refractivity contribution in [2.75, 3.05) is 13.6 Å². The third kappa shape index (κ3) is 3.71. The molecule has 1 amide bonds. The Morgan fingerprint density at radius 1 is 1.33 bits per heavy atom. The van der Waals surface area contributed by atoms with Gasteiger partial charge in [-0.05, 0) is 31.4 Å². The first-order valence-corrected chi connectivity index (χ1v) is 9.58. The number of hydrogen-bond donors (Lipinski definition) is 1. The summed E-state index contributed by atoms with van der Waals surface area (Å²) in [5.74, 6) is -1.82. The Bertz CT molecular complexity index is 978. The molecule has 3 rings (SSSR count). The Morgan fingerprint density at radius 2 is 2.07 bits per heavy atom. The Morgan fingerprint density at radius 3 is 2.67 bits per heavy atom. The predicted molar refractivity (Wildman–Crippen MR) is 105 cm³/mol. The van der Waals surface area contributed by atoms with E-state index in [0.717, 1.165) is 4.88 Å². The van der Waals surface area contributed by atoms with Gasteiger partial charge < -0.3 is 10.0 Å². The molecule has 0 fully saturated rings. The Balaban J connectivity index is 2.10. The minimum Gasteiger partial charge on any atom is -0.481 e. The molecule has 3 heterocycles. The second-order valence-electron chi connectivity index (χ2n) is 6.88. The molecule has 1 unspecified atom stereocenters. The number of aromatic nitrogens is 3. The number of nitrogens with zero attached hydrogens (tertiary/aromatic N) is 4. The van der Waals surface area contributed by atoms with Crippen molar-refractivity contribution in [1.82, 2.24) is 19.7 Å². The number of amides is 1. The van der Waals surface area contributed by atoms with Crippen LogP contribution in [0.1, 0.15) is 37.2 Å². The monoisotopic (exact) mass is 386 g/mol. The van der Waals surface area contributed by atoms with E-state index in [-0.39, 0.29) is 18.5 Å². The van der Waals surface area contributed by atoms with E-state index in [2.05, 4.69) is 5.10 Å². The fourth-order valence-corrected chi connectivity index (χ4v) is 3.59. The highest BCUT2D eigenvalue weighted by molar-refractivity contribution is 7.13. The summed E-state index contributed by atoms with van der Waals surface area (Å²) >= 11 is 1.55. The number of carboxylic acids is 1. The largest absolute Gasteiger partial charge is 0.481 e. The maximum atomic E-state index is 13.1. The smallest absolute Gasteiger partial charge is 0.308 e. The van der Waals surface area contributed by atoms with E-state index in [1.54, 1.807) is 42.3 Å². The van der Waals surface area contributed by atoms with E-state index in [9.17, 15) is 9.59 Å². The average molecular weight is 386 g/mol. The summed E-state index contributed by atoms with van der Waals surface area (Å²) in [5.41, 5.74) is 1.84. The van der Waals surface area contributed by atoms with Crippen molar-refractivity contribution in [3.8, 4) is 10.6 Å². The van der Waals surface area contributed by atoms with Gasteiger partial charge in [0, 0.05) is 19.6 Å². The second-order valence-corrected chi connectivity index (χ2v) is 7.83. The zero-order valence-corrected chi connectivity index (χ0v) is 16.5. The number of carbonyl (C=O) groups is 2. The molecule has 0 radical (unpaired) electrons. The molecule has 0 spiro atoms. The minimum absolute atomic E-state index is 0.0984. The molecule has 0 saturated carbocycles. The van der Waals surface area contributed by atoms with Gasteiger partial charge in [-0.3, -0.25) is 9.59 Å². The lowest BCUT2D eigenvalue weighted by molar-refractivity contribution is -0.141. The predicted octanol–water partition coefficient (Wildman–Crippen LogP) is 3.53. The maximum absolute atomic E-state index is 13.1. The highest BCUT2D eigenvalue weighted by atomic mass is 32.1. The molecule has 0 aromatic carbocycles. The van der Waals surface area contributed by atoms with Crippen molar-refractivity contribution >= 4 is 34.2 Å². The number of carbonyl (C=O) groups excluding carboxylic acids is 1. The first-order valence-electron chi connectivity index (χ1n) is 8.70. The van der Waals surface area contributed by atoms with Crippen LogP contribution in [0, 0.1) is 5.92 Å². The van der Waals surface area contributed by atoms with Gasteiger partial charge >= 0.3 is 5.97 Å². The van der Waals surface area contributed by atoms with Crippen molar-refractivity contribution < 1.29 is 14.7 Å². The average Bonchev–Trinajstić information content (AvgIpc) is 3.29. The number of aliphatic carboxylic acids is 1. The number of hydrogen-bond acceptors (Lipinski definition) is 5. The van der Waals surface area contributed by atoms with Crippen LogP contribution in [0.25, 0.3) is 21.6 Å². The van der Waals surface area contributed by atoms with E-state index in [0.29, 0.717) is 22.3 Å². The van der Waals surface area contributed by atoms with E-state index >= 15 is 0 Å². The van der Waals surface area contributed by atoms with Gasteiger partial charge in [0.25, 0.3) is 5.91 Å². The van der Waals surface area contributed by atoms with Crippen LogP contribution in [0.15, 0.2) is 29.8 Å². The molecule has 142 valence electrons. The number of pyridine rings is 1. The van der Waals surface area contributed by atoms with Crippen molar-refractivity contribution in [2.45, 2.75) is 26.8 Å². The zero-order chi connectivity index (χ0) is 19.7. The quantitative estimate of drug-likeness (QED) is 0.700. The second kappa shape index (κ2) is 7.48. The molecule has 1 atom stereocenters. The van der Waals surface area contributed by atoms with Crippen LogP contribution in [-0.4, -0.2) is 50.2 Å². The molecule has 27 heavy (non-hydrogen) atoms. The van der Waals surface area contributed by atoms with Crippen LogP contribution < -0.4 is 0 Å². The number of thiophene rings is 1. The maximum Gasteiger partial charge on any atom is 0.308 e. The zero-order valence-electron chi connectivity index (χ0n) is 15.7. The van der Waals surface area contributed by atoms with Gasteiger partial charge in [-0.15, -0.1) is 11.3 Å². The van der Waals surface area contributed by atoms with E-state index in [1.165, 1.54) is 4.90 Å². The fraction of sp³-hybridized carbons (Fsp3) is 0.368. The van der Waals surface area contributed by atoms with Gasteiger partial charge in [-0.2, -0.15) is 5.10 Å². The standard InChI is InChI=1S/C19H22N4O3S/c1-11(2)23-17-14(9-20-23)13(8-15(21-17)16-6-5-7-27-16)18(24)22(4)10-12(3)19(25)26/h5-9,11-12H,10H2,1-4H3,(H,25,26). The van der Waals surface area contributed by atoms with E-state index in [4.69, 9.17) is 10.1 Å². The van der Waals surface area contributed by atoms with Crippen LogP contribution in [0.5, 0.6) is 0 Å². The molecule has 3 aromatic heterocycles. The Labute approximate surface area is 161 Å². The summed E-state index contributed by atoms with van der Waals surface area (Å²) in [5, 5.41) is 16.2. The van der Waals surface area contributed by atoms with Gasteiger partial charge in [0.1, 0.15) is 0 Å². The third-order valence-corrected chi connectivity index (χ3v) is 5.27. The lowest BCUT2D eigenvalue weighted by Gasteiger charge is -2.20. The van der Waals surface area contributed by atoms with Crippen LogP contribution in [0.2, 0.25) is 0 Å². The van der Waals surface area contributed by atoms with Crippen molar-refractivity contribution in [3.63, 3.8) is 0 Å². The number of carboxylic acid groups (broad SMARTS) is 1. The first-order chi connectivity index (χ1) is 12.8. The molecule has 0 aliphatic heterocycles. The molecular formula is C19H22N4O3S. The lowest BCUT2D eigenvalue weighted by atomic mass is 10.1. The van der Waals surface area contributed by atoms with Gasteiger partial charge in [0.15, 0.2) is 5.65 Å². The van der Waals surface area contributed by atoms with Crippen LogP contribution in [0.3, 0.4) is 0 Å². The summed E-state index contributed by atoms with van der Waals surface area (Å²) < 4.78 is 1.79. The molecule has 0 aliphatic carbocycles. The third-order valence-electron chi connectivity index (χ3n) is 4.38. The molecule has 3 aromatic rings. The molecule has 0 aliphatic rings. The lowest BCUT2D eigenvalue weighted by Crippen LogP contribution is -2.33. The molecule has 0 bridgehead atoms. The van der Waals surface area contributed by atoms with Crippen molar-refractivity contribution in [3.05, 3.63) is 35.3 Å². The van der Waals surface area contributed by atoms with E-state index in [1.807, 2.05) is 31.4 Å². The molecular weight excluding hydrogens is 364 g/mol. The van der Waals surface area contributed by atoms with Gasteiger partial charge in [-0.1, -0.05) is 13.0 Å². The van der Waals surface area contributed by atoms with E-state index < -0.39 is 11.9 Å². The summed E-state index contributed by atoms with van der Waals surface area (Å²) in [4.78, 5) is 31.4. The Kier molecular flexibility index (Phi) is 5.27. The fourth-order valence-electron chi connectivity index (χ4n) is 2.90. The summed E-state index contributed by atoms with van der Waals surface area (Å²) in [7, 11) is 1.62. The van der Waals surface area contributed by atoms with Gasteiger partial charge in [0.05, 0.1) is 33.6 Å². The SMILES string of the molecule is CC(CN(C)C(=O)c1cc(-c2cccs2)nc2c1cnn2C(C)C)C(=O)O. The summed E-state index contributed by atoms with van der Waals surface area (Å²) in [6.07, 6.45) is 1.65. The molecule has 7 nitrogen and oxygen atoms in total. The number of fused-ring (bicyclic) bond motifs is 1. The molecule has 8 heteroatoms. The summed E-state index contributed by atoms with van der Waals surface area (Å²) in [6.45, 7) is 5.73. The highest BCUT2D eigenvalue weighted by Crippen LogP contribution is 2.29. The van der Waals surface area contributed by atoms with Crippen LogP contribution >= 0.6 is 11.3 Å². The normalized spacial score (nSPS) is 12.5. The van der Waals surface area contributed by atoms with Crippen molar-refractivity contribution in [2.24, 2.45) is 5.92 Å². The first kappa shape index (κ1) is 19.0. The molecule has 0 saturated heterocycles. The summed E-state index contributed by atoms with van der Waals surface area (Å²) in [6, 6.07) is 5.76. The Hall–Kier alpha value is -2.74. The topological polar surface area (TPSA) is 88.3 Å². The van der Waals surface area contributed by atoms with Gasteiger partial charge in [-0.25, -0.2) is 9.67 Å². The number of rotatable bonds is 6. The van der Waals surface area contributed by atoms with Crippen LogP contribution in [0.4, 0.5) is 0 Å². The van der Waals surface area contributed by atoms with Gasteiger partial charge in [0.2, 0.25) is 0 Å².